The van der Waals surface area contributed by atoms with Gasteiger partial charge in [0.1, 0.15) is 5.41 Å². The molecule has 0 aromatic carbocycles. The van der Waals surface area contributed by atoms with Crippen molar-refractivity contribution in [1.29, 1.82) is 0 Å². The normalized spacial score (nSPS) is 12.5. The van der Waals surface area contributed by atoms with Crippen LogP contribution in [0, 0.1) is 0 Å². The van der Waals surface area contributed by atoms with E-state index < -0.39 is 24.0 Å². The van der Waals surface area contributed by atoms with E-state index in [9.17, 15) is 18.0 Å². The third kappa shape index (κ3) is 4.18. The number of ether oxygens (including phenoxy) is 1. The lowest BCUT2D eigenvalue weighted by molar-refractivity contribution is -0.151. The number of nitrogens with zero attached hydrogens (tertiary/aromatic N) is 2. The Bertz CT molecular complexity index is 467. The fraction of sp³-hybridized carbons (Fsp3) is 0.769. The highest BCUT2D eigenvalue weighted by Gasteiger charge is 2.44. The Morgan fingerprint density at radius 3 is 2.33 bits per heavy atom. The highest BCUT2D eigenvalue weighted by Crippen LogP contribution is 2.32. The molecule has 0 amide bonds. The van der Waals surface area contributed by atoms with Crippen LogP contribution in [-0.2, 0) is 21.4 Å². The number of halogens is 3. The minimum absolute atomic E-state index is 0.0168. The topological polar surface area (TPSA) is 65.2 Å². The predicted octanol–water partition coefficient (Wildman–Crippen LogP) is 3.19. The van der Waals surface area contributed by atoms with Gasteiger partial charge >= 0.3 is 12.1 Å². The summed E-state index contributed by atoms with van der Waals surface area (Å²) in [4.78, 5) is 16.1. The molecule has 0 radical (unpaired) electrons. The number of alkyl halides is 3. The summed E-state index contributed by atoms with van der Waals surface area (Å²) in [6, 6.07) is 0. The van der Waals surface area contributed by atoms with Crippen LogP contribution < -0.4 is 0 Å². The minimum atomic E-state index is -4.28. The summed E-state index contributed by atoms with van der Waals surface area (Å²) in [6.45, 7) is 5.41. The average Bonchev–Trinajstić information content (AvgIpc) is 2.87. The molecule has 1 rings (SSSR count). The molecule has 5 nitrogen and oxygen atoms in total. The molecule has 1 aromatic heterocycles. The number of carbonyl (C=O) groups excluding carboxylic acids is 1. The second kappa shape index (κ2) is 6.91. The number of aromatic nitrogens is 2. The van der Waals surface area contributed by atoms with Gasteiger partial charge in [-0.1, -0.05) is 19.0 Å². The van der Waals surface area contributed by atoms with Gasteiger partial charge in [-0.15, -0.1) is 0 Å². The van der Waals surface area contributed by atoms with Crippen molar-refractivity contribution in [3.8, 4) is 0 Å². The summed E-state index contributed by atoms with van der Waals surface area (Å²) in [6.07, 6.45) is -4.96. The van der Waals surface area contributed by atoms with Crippen LogP contribution in [0.25, 0.3) is 0 Å². The molecule has 1 aromatic rings. The molecule has 21 heavy (non-hydrogen) atoms. The molecule has 0 saturated heterocycles. The van der Waals surface area contributed by atoms with Crippen LogP contribution in [0.3, 0.4) is 0 Å². The summed E-state index contributed by atoms with van der Waals surface area (Å²) in [5.41, 5.74) is -1.10. The van der Waals surface area contributed by atoms with Crippen LogP contribution in [-0.4, -0.2) is 28.9 Å². The van der Waals surface area contributed by atoms with Crippen LogP contribution in [0.2, 0.25) is 0 Å². The molecule has 0 spiro atoms. The maximum Gasteiger partial charge on any atom is 0.389 e. The largest absolute Gasteiger partial charge is 0.465 e. The van der Waals surface area contributed by atoms with E-state index in [1.54, 1.807) is 20.8 Å². The monoisotopic (exact) mass is 308 g/mol. The summed E-state index contributed by atoms with van der Waals surface area (Å²) in [7, 11) is 0. The SMILES string of the molecule is CCOC(=O)C(CC)(CC)c1nc(CCC(F)(F)F)no1. The van der Waals surface area contributed by atoms with Crippen molar-refractivity contribution in [1.82, 2.24) is 10.1 Å². The second-order valence-corrected chi connectivity index (χ2v) is 4.64. The first-order chi connectivity index (χ1) is 9.79. The van der Waals surface area contributed by atoms with Crippen molar-refractivity contribution in [2.24, 2.45) is 0 Å². The number of esters is 1. The van der Waals surface area contributed by atoms with E-state index in [1.807, 2.05) is 0 Å². The molecular weight excluding hydrogens is 289 g/mol. The van der Waals surface area contributed by atoms with E-state index in [1.165, 1.54) is 0 Å². The van der Waals surface area contributed by atoms with Gasteiger partial charge in [-0.25, -0.2) is 0 Å². The van der Waals surface area contributed by atoms with Crippen molar-refractivity contribution in [2.75, 3.05) is 6.61 Å². The van der Waals surface area contributed by atoms with Gasteiger partial charge in [0.15, 0.2) is 5.82 Å². The standard InChI is InChI=1S/C13H19F3N2O3/c1-4-12(5-2,11(19)20-6-3)10-17-9(18-21-10)7-8-13(14,15)16/h4-8H2,1-3H3. The maximum atomic E-state index is 12.2. The molecule has 1 heterocycles. The Kier molecular flexibility index (Phi) is 5.74. The van der Waals surface area contributed by atoms with Crippen molar-refractivity contribution >= 4 is 5.97 Å². The minimum Gasteiger partial charge on any atom is -0.465 e. The molecule has 0 saturated carbocycles. The Morgan fingerprint density at radius 2 is 1.86 bits per heavy atom. The van der Waals surface area contributed by atoms with Crippen molar-refractivity contribution in [2.45, 2.75) is 58.0 Å². The van der Waals surface area contributed by atoms with Gasteiger partial charge in [0.05, 0.1) is 13.0 Å². The molecule has 0 unspecified atom stereocenters. The highest BCUT2D eigenvalue weighted by molar-refractivity contribution is 5.81. The molecule has 0 aliphatic carbocycles. The molecule has 0 aliphatic rings. The lowest BCUT2D eigenvalue weighted by Gasteiger charge is -2.24. The van der Waals surface area contributed by atoms with Crippen LogP contribution >= 0.6 is 0 Å². The second-order valence-electron chi connectivity index (χ2n) is 4.64. The number of hydrogen-bond acceptors (Lipinski definition) is 5. The van der Waals surface area contributed by atoms with Gasteiger partial charge in [-0.2, -0.15) is 18.2 Å². The highest BCUT2D eigenvalue weighted by atomic mass is 19.4. The van der Waals surface area contributed by atoms with E-state index in [-0.39, 0.29) is 24.7 Å². The lowest BCUT2D eigenvalue weighted by atomic mass is 9.82. The van der Waals surface area contributed by atoms with Gasteiger partial charge in [-0.3, -0.25) is 4.79 Å². The zero-order valence-corrected chi connectivity index (χ0v) is 12.3. The molecular formula is C13H19F3N2O3. The number of aryl methyl sites for hydroxylation is 1. The van der Waals surface area contributed by atoms with Crippen LogP contribution in [0.15, 0.2) is 4.52 Å². The molecule has 0 N–H and O–H groups in total. The smallest absolute Gasteiger partial charge is 0.389 e. The van der Waals surface area contributed by atoms with Crippen molar-refractivity contribution < 1.29 is 27.2 Å². The number of carbonyl (C=O) groups is 1. The molecule has 0 aliphatic heterocycles. The van der Waals surface area contributed by atoms with Crippen LogP contribution in [0.4, 0.5) is 13.2 Å². The Labute approximate surface area is 120 Å². The predicted molar refractivity (Wildman–Crippen MR) is 67.6 cm³/mol. The quantitative estimate of drug-likeness (QED) is 0.724. The third-order valence-electron chi connectivity index (χ3n) is 3.38. The fourth-order valence-electron chi connectivity index (χ4n) is 2.00. The fourth-order valence-corrected chi connectivity index (χ4v) is 2.00. The first kappa shape index (κ1) is 17.5. The maximum absolute atomic E-state index is 12.2. The van der Waals surface area contributed by atoms with E-state index in [0.717, 1.165) is 0 Å². The molecule has 0 atom stereocenters. The molecule has 0 fully saturated rings. The Balaban J connectivity index is 2.95. The summed E-state index contributed by atoms with van der Waals surface area (Å²) in [5, 5.41) is 3.53. The summed E-state index contributed by atoms with van der Waals surface area (Å²) in [5.74, 6) is -0.540. The molecule has 8 heteroatoms. The van der Waals surface area contributed by atoms with Gasteiger partial charge < -0.3 is 9.26 Å². The van der Waals surface area contributed by atoms with E-state index in [2.05, 4.69) is 10.1 Å². The Hall–Kier alpha value is -1.60. The summed E-state index contributed by atoms with van der Waals surface area (Å²) < 4.78 is 46.6. The van der Waals surface area contributed by atoms with Gasteiger partial charge in [0, 0.05) is 6.42 Å². The third-order valence-corrected chi connectivity index (χ3v) is 3.38. The lowest BCUT2D eigenvalue weighted by Crippen LogP contribution is -2.36. The van der Waals surface area contributed by atoms with Crippen LogP contribution in [0.5, 0.6) is 0 Å². The molecule has 0 bridgehead atoms. The first-order valence-corrected chi connectivity index (χ1v) is 6.86. The number of rotatable bonds is 7. The van der Waals surface area contributed by atoms with Gasteiger partial charge in [0.2, 0.25) is 5.89 Å². The average molecular weight is 308 g/mol. The van der Waals surface area contributed by atoms with E-state index in [0.29, 0.717) is 12.8 Å². The van der Waals surface area contributed by atoms with Gasteiger partial charge in [-0.05, 0) is 19.8 Å². The zero-order chi connectivity index (χ0) is 16.1. The van der Waals surface area contributed by atoms with E-state index in [4.69, 9.17) is 9.26 Å². The van der Waals surface area contributed by atoms with Crippen LogP contribution in [0.1, 0.15) is 51.7 Å². The molecule has 120 valence electrons. The Morgan fingerprint density at radius 1 is 1.24 bits per heavy atom. The summed E-state index contributed by atoms with van der Waals surface area (Å²) >= 11 is 0. The van der Waals surface area contributed by atoms with Crippen molar-refractivity contribution in [3.63, 3.8) is 0 Å². The van der Waals surface area contributed by atoms with Crippen molar-refractivity contribution in [3.05, 3.63) is 11.7 Å². The van der Waals surface area contributed by atoms with Gasteiger partial charge in [0.25, 0.3) is 0 Å². The first-order valence-electron chi connectivity index (χ1n) is 6.86. The van der Waals surface area contributed by atoms with E-state index >= 15 is 0 Å². The zero-order valence-electron chi connectivity index (χ0n) is 12.3. The number of hydrogen-bond donors (Lipinski definition) is 0.